The van der Waals surface area contributed by atoms with Crippen LogP contribution in [0.15, 0.2) is 97.3 Å². The van der Waals surface area contributed by atoms with Gasteiger partial charge in [0.15, 0.2) is 0 Å². The van der Waals surface area contributed by atoms with Gasteiger partial charge in [-0.05, 0) is 52.4 Å². The number of aliphatic hydroxyl groups excluding tert-OH is 1. The summed E-state index contributed by atoms with van der Waals surface area (Å²) < 4.78 is 1.59. The van der Waals surface area contributed by atoms with E-state index >= 15 is 0 Å². The van der Waals surface area contributed by atoms with Crippen molar-refractivity contribution in [1.82, 2.24) is 9.88 Å². The lowest BCUT2D eigenvalue weighted by Gasteiger charge is -2.22. The summed E-state index contributed by atoms with van der Waals surface area (Å²) in [5.41, 5.74) is 10.3. The summed E-state index contributed by atoms with van der Waals surface area (Å²) in [6.45, 7) is -0.269. The molecule has 1 aromatic heterocycles. The average molecular weight is 512 g/mol. The molecular weight excluding hydrogens is 482 g/mol. The Morgan fingerprint density at radius 1 is 0.816 bits per heavy atom. The minimum atomic E-state index is -1.10. The zero-order valence-electron chi connectivity index (χ0n) is 20.7. The van der Waals surface area contributed by atoms with Crippen LogP contribution in [0.5, 0.6) is 0 Å². The summed E-state index contributed by atoms with van der Waals surface area (Å²) in [5, 5.41) is 22.1. The topological polar surface area (TPSA) is 135 Å². The number of primary amides is 1. The fourth-order valence-corrected chi connectivity index (χ4v) is 4.32. The van der Waals surface area contributed by atoms with Crippen molar-refractivity contribution >= 4 is 17.8 Å². The fraction of sp³-hybridized carbons (Fsp3) is 0.167. The van der Waals surface area contributed by atoms with Gasteiger partial charge in [-0.15, -0.1) is 0 Å². The van der Waals surface area contributed by atoms with Crippen molar-refractivity contribution in [2.75, 3.05) is 6.61 Å². The van der Waals surface area contributed by atoms with Crippen molar-refractivity contribution in [2.24, 2.45) is 5.73 Å². The molecular formula is C30H29N3O5. The standard InChI is InChI=1S/C30H29N3O5/c31-29(37)24-12-10-22(11-13-24)21-6-8-23(9-7-21)25-14-15-33(18-25)27(17-28(35)36)30(38)32-26(19-34)16-20-4-2-1-3-5-20/h1-15,18,26-27,34H,16-17,19H2,(H2,31,37)(H,32,38)(H,35,36)/t26-,27+/m0/s1. The highest BCUT2D eigenvalue weighted by Gasteiger charge is 2.25. The number of aromatic nitrogens is 1. The first-order valence-corrected chi connectivity index (χ1v) is 12.2. The number of aliphatic hydroxyl groups is 1. The van der Waals surface area contributed by atoms with Crippen LogP contribution >= 0.6 is 0 Å². The maximum absolute atomic E-state index is 13.1. The number of benzene rings is 3. The van der Waals surface area contributed by atoms with E-state index in [-0.39, 0.29) is 6.61 Å². The lowest BCUT2D eigenvalue weighted by molar-refractivity contribution is -0.140. The van der Waals surface area contributed by atoms with Crippen molar-refractivity contribution in [3.05, 3.63) is 108 Å². The lowest BCUT2D eigenvalue weighted by Crippen LogP contribution is -2.43. The number of carboxylic acid groups (broad SMARTS) is 1. The predicted molar refractivity (Wildman–Crippen MR) is 144 cm³/mol. The summed E-state index contributed by atoms with van der Waals surface area (Å²) >= 11 is 0. The quantitative estimate of drug-likeness (QED) is 0.244. The molecule has 0 saturated heterocycles. The van der Waals surface area contributed by atoms with Crippen LogP contribution in [0, 0.1) is 0 Å². The van der Waals surface area contributed by atoms with Gasteiger partial charge in [-0.2, -0.15) is 0 Å². The molecule has 38 heavy (non-hydrogen) atoms. The number of nitrogens with zero attached hydrogens (tertiary/aromatic N) is 1. The minimum Gasteiger partial charge on any atom is -0.481 e. The van der Waals surface area contributed by atoms with Gasteiger partial charge in [-0.1, -0.05) is 66.7 Å². The SMILES string of the molecule is NC(=O)c1ccc(-c2ccc(-c3ccn([C@H](CC(=O)O)C(=O)N[C@H](CO)Cc4ccccc4)c3)cc2)cc1. The van der Waals surface area contributed by atoms with Crippen LogP contribution in [0.4, 0.5) is 0 Å². The molecule has 0 aliphatic rings. The summed E-state index contributed by atoms with van der Waals surface area (Å²) in [5.74, 6) is -2.05. The Labute approximate surface area is 220 Å². The highest BCUT2D eigenvalue weighted by molar-refractivity contribution is 5.93. The van der Waals surface area contributed by atoms with E-state index < -0.39 is 36.3 Å². The Morgan fingerprint density at radius 2 is 1.39 bits per heavy atom. The van der Waals surface area contributed by atoms with Crippen LogP contribution in [0.2, 0.25) is 0 Å². The highest BCUT2D eigenvalue weighted by Crippen LogP contribution is 2.27. The van der Waals surface area contributed by atoms with Crippen molar-refractivity contribution in [3.63, 3.8) is 0 Å². The molecule has 0 saturated carbocycles. The summed E-state index contributed by atoms with van der Waals surface area (Å²) in [6.07, 6.45) is 3.46. The number of amides is 2. The first kappa shape index (κ1) is 26.4. The molecule has 1 heterocycles. The molecule has 4 rings (SSSR count). The van der Waals surface area contributed by atoms with Crippen molar-refractivity contribution < 1.29 is 24.6 Å². The molecule has 0 fully saturated rings. The third kappa shape index (κ3) is 6.54. The van der Waals surface area contributed by atoms with Gasteiger partial charge in [0.1, 0.15) is 6.04 Å². The number of hydrogen-bond acceptors (Lipinski definition) is 4. The maximum Gasteiger partial charge on any atom is 0.306 e. The highest BCUT2D eigenvalue weighted by atomic mass is 16.4. The second-order valence-electron chi connectivity index (χ2n) is 9.06. The van der Waals surface area contributed by atoms with Gasteiger partial charge in [0.05, 0.1) is 19.1 Å². The third-order valence-electron chi connectivity index (χ3n) is 6.36. The lowest BCUT2D eigenvalue weighted by atomic mass is 10.0. The molecule has 3 aromatic carbocycles. The molecule has 2 amide bonds. The van der Waals surface area contributed by atoms with Gasteiger partial charge >= 0.3 is 5.97 Å². The molecule has 0 aliphatic carbocycles. The molecule has 0 bridgehead atoms. The van der Waals surface area contributed by atoms with Crippen molar-refractivity contribution in [3.8, 4) is 22.3 Å². The number of aliphatic carboxylic acids is 1. The van der Waals surface area contributed by atoms with Gasteiger partial charge in [0.25, 0.3) is 0 Å². The monoisotopic (exact) mass is 511 g/mol. The Morgan fingerprint density at radius 3 is 1.95 bits per heavy atom. The molecule has 0 unspecified atom stereocenters. The molecule has 8 heteroatoms. The van der Waals surface area contributed by atoms with Crippen LogP contribution in [0.1, 0.15) is 28.4 Å². The summed E-state index contributed by atoms with van der Waals surface area (Å²) in [6, 6.07) is 24.6. The number of carbonyl (C=O) groups excluding carboxylic acids is 2. The van der Waals surface area contributed by atoms with E-state index in [4.69, 9.17) is 5.73 Å². The number of carboxylic acids is 1. The van der Waals surface area contributed by atoms with Gasteiger partial charge in [0.2, 0.25) is 11.8 Å². The fourth-order valence-electron chi connectivity index (χ4n) is 4.32. The van der Waals surface area contributed by atoms with Gasteiger partial charge in [0, 0.05) is 18.0 Å². The Hall–Kier alpha value is -4.69. The average Bonchev–Trinajstić information content (AvgIpc) is 3.42. The van der Waals surface area contributed by atoms with E-state index in [0.717, 1.165) is 27.8 Å². The molecule has 194 valence electrons. The largest absolute Gasteiger partial charge is 0.481 e. The molecule has 5 N–H and O–H groups in total. The molecule has 0 radical (unpaired) electrons. The van der Waals surface area contributed by atoms with Gasteiger partial charge in [-0.3, -0.25) is 14.4 Å². The van der Waals surface area contributed by atoms with E-state index in [1.54, 1.807) is 29.1 Å². The summed E-state index contributed by atoms with van der Waals surface area (Å²) in [4.78, 5) is 36.0. The number of rotatable bonds is 11. The van der Waals surface area contributed by atoms with E-state index in [2.05, 4.69) is 5.32 Å². The van der Waals surface area contributed by atoms with E-state index in [1.807, 2.05) is 72.8 Å². The third-order valence-corrected chi connectivity index (χ3v) is 6.36. The van der Waals surface area contributed by atoms with Crippen molar-refractivity contribution in [2.45, 2.75) is 24.9 Å². The predicted octanol–water partition coefficient (Wildman–Crippen LogP) is 3.66. The second-order valence-corrected chi connectivity index (χ2v) is 9.06. The summed E-state index contributed by atoms with van der Waals surface area (Å²) in [7, 11) is 0. The van der Waals surface area contributed by atoms with E-state index in [0.29, 0.717) is 12.0 Å². The first-order chi connectivity index (χ1) is 18.3. The Kier molecular flexibility index (Phi) is 8.35. The molecule has 2 atom stereocenters. The maximum atomic E-state index is 13.1. The van der Waals surface area contributed by atoms with Crippen LogP contribution in [-0.4, -0.2) is 45.2 Å². The normalized spacial score (nSPS) is 12.4. The zero-order chi connectivity index (χ0) is 27.1. The van der Waals surface area contributed by atoms with Gasteiger partial charge in [-0.25, -0.2) is 0 Å². The molecule has 4 aromatic rings. The Bertz CT molecular complexity index is 1400. The first-order valence-electron chi connectivity index (χ1n) is 12.2. The molecule has 0 aliphatic heterocycles. The smallest absolute Gasteiger partial charge is 0.306 e. The number of hydrogen-bond donors (Lipinski definition) is 4. The zero-order valence-corrected chi connectivity index (χ0v) is 20.7. The number of carbonyl (C=O) groups is 3. The number of nitrogens with two attached hydrogens (primary N) is 1. The van der Waals surface area contributed by atoms with E-state index in [1.165, 1.54) is 0 Å². The molecule has 8 nitrogen and oxygen atoms in total. The van der Waals surface area contributed by atoms with E-state index in [9.17, 15) is 24.6 Å². The van der Waals surface area contributed by atoms with Crippen LogP contribution in [0.25, 0.3) is 22.3 Å². The second kappa shape index (κ2) is 12.0. The minimum absolute atomic E-state index is 0.269. The number of nitrogens with one attached hydrogen (secondary N) is 1. The Balaban J connectivity index is 1.49. The van der Waals surface area contributed by atoms with Gasteiger partial charge < -0.3 is 25.8 Å². The van der Waals surface area contributed by atoms with Crippen LogP contribution < -0.4 is 11.1 Å². The van der Waals surface area contributed by atoms with Crippen LogP contribution in [0.3, 0.4) is 0 Å². The molecule has 0 spiro atoms. The van der Waals surface area contributed by atoms with Crippen molar-refractivity contribution in [1.29, 1.82) is 0 Å². The van der Waals surface area contributed by atoms with Crippen LogP contribution in [-0.2, 0) is 16.0 Å².